The van der Waals surface area contributed by atoms with Crippen LogP contribution in [0.2, 0.25) is 0 Å². The van der Waals surface area contributed by atoms with Crippen LogP contribution in [0.15, 0.2) is 78.4 Å². The number of ether oxygens (including phenoxy) is 2. The number of rotatable bonds is 7. The maximum absolute atomic E-state index is 13.5. The molecule has 1 saturated heterocycles. The standard InChI is InChI=1S/C31H31NO6/c1-18(2)37-25-14-8-11-22(17-25)28(33)26-27(21-10-6-9-20(5)15-21)32(30(35)29(26)34)24-13-7-12-23(16-24)31(36)38-19(3)4/h6-19,27,33H,1-5H3/b28-26+. The Balaban J connectivity index is 1.88. The van der Waals surface area contributed by atoms with E-state index in [1.807, 2.05) is 39.0 Å². The predicted molar refractivity (Wildman–Crippen MR) is 145 cm³/mol. The number of esters is 1. The number of Topliss-reactive ketones (excluding diaryl/α,β-unsaturated/α-hetero) is 1. The van der Waals surface area contributed by atoms with Crippen LogP contribution in [0.1, 0.15) is 60.8 Å². The van der Waals surface area contributed by atoms with Crippen molar-refractivity contribution in [3.63, 3.8) is 0 Å². The highest BCUT2D eigenvalue weighted by atomic mass is 16.5. The Kier molecular flexibility index (Phi) is 7.67. The molecule has 38 heavy (non-hydrogen) atoms. The van der Waals surface area contributed by atoms with Gasteiger partial charge in [-0.2, -0.15) is 0 Å². The zero-order valence-electron chi connectivity index (χ0n) is 22.1. The summed E-state index contributed by atoms with van der Waals surface area (Å²) in [5, 5.41) is 11.4. The van der Waals surface area contributed by atoms with Gasteiger partial charge in [0.05, 0.1) is 29.4 Å². The van der Waals surface area contributed by atoms with E-state index in [9.17, 15) is 19.5 Å². The van der Waals surface area contributed by atoms with E-state index in [-0.39, 0.29) is 29.1 Å². The van der Waals surface area contributed by atoms with Crippen molar-refractivity contribution in [2.24, 2.45) is 0 Å². The van der Waals surface area contributed by atoms with Gasteiger partial charge in [0.25, 0.3) is 11.7 Å². The van der Waals surface area contributed by atoms with Gasteiger partial charge in [-0.15, -0.1) is 0 Å². The predicted octanol–water partition coefficient (Wildman–Crippen LogP) is 5.97. The van der Waals surface area contributed by atoms with Crippen molar-refractivity contribution in [1.29, 1.82) is 0 Å². The molecule has 1 aliphatic heterocycles. The van der Waals surface area contributed by atoms with E-state index in [2.05, 4.69) is 0 Å². The second kappa shape index (κ2) is 10.9. The Hall–Kier alpha value is -4.39. The lowest BCUT2D eigenvalue weighted by Gasteiger charge is -2.26. The molecule has 7 heteroatoms. The SMILES string of the molecule is Cc1cccc(C2/C(=C(\O)c3cccc(OC(C)C)c3)C(=O)C(=O)N2c2cccc(C(=O)OC(C)C)c2)c1. The van der Waals surface area contributed by atoms with Crippen molar-refractivity contribution in [1.82, 2.24) is 0 Å². The molecular formula is C31H31NO6. The topological polar surface area (TPSA) is 93.1 Å². The van der Waals surface area contributed by atoms with Gasteiger partial charge in [0.2, 0.25) is 0 Å². The third kappa shape index (κ3) is 5.47. The number of aliphatic hydroxyl groups excluding tert-OH is 1. The second-order valence-electron chi connectivity index (χ2n) is 9.78. The highest BCUT2D eigenvalue weighted by Gasteiger charge is 2.47. The molecule has 3 aromatic rings. The summed E-state index contributed by atoms with van der Waals surface area (Å²) in [7, 11) is 0. The number of hydrogen-bond acceptors (Lipinski definition) is 6. The van der Waals surface area contributed by atoms with E-state index >= 15 is 0 Å². The lowest BCUT2D eigenvalue weighted by Crippen LogP contribution is -2.29. The molecule has 1 atom stereocenters. The fourth-order valence-electron chi connectivity index (χ4n) is 4.46. The van der Waals surface area contributed by atoms with Gasteiger partial charge in [0.1, 0.15) is 11.5 Å². The molecule has 4 rings (SSSR count). The number of aryl methyl sites for hydroxylation is 1. The Morgan fingerprint density at radius 1 is 0.868 bits per heavy atom. The van der Waals surface area contributed by atoms with E-state index in [0.29, 0.717) is 22.6 Å². The van der Waals surface area contributed by atoms with E-state index in [1.165, 1.54) is 11.0 Å². The number of carbonyl (C=O) groups excluding carboxylic acids is 3. The largest absolute Gasteiger partial charge is 0.507 e. The molecule has 0 aliphatic carbocycles. The third-order valence-electron chi connectivity index (χ3n) is 5.98. The number of ketones is 1. The number of amides is 1. The van der Waals surface area contributed by atoms with Crippen LogP contribution in [-0.2, 0) is 14.3 Å². The average molecular weight is 514 g/mol. The zero-order chi connectivity index (χ0) is 27.6. The van der Waals surface area contributed by atoms with Gasteiger partial charge in [-0.25, -0.2) is 4.79 Å². The van der Waals surface area contributed by atoms with Crippen LogP contribution in [0.4, 0.5) is 5.69 Å². The maximum Gasteiger partial charge on any atom is 0.338 e. The first-order chi connectivity index (χ1) is 18.1. The molecular weight excluding hydrogens is 482 g/mol. The van der Waals surface area contributed by atoms with Gasteiger partial charge >= 0.3 is 5.97 Å². The molecule has 7 nitrogen and oxygen atoms in total. The molecule has 1 unspecified atom stereocenters. The molecule has 0 bridgehead atoms. The molecule has 196 valence electrons. The number of carbonyl (C=O) groups is 3. The van der Waals surface area contributed by atoms with Crippen LogP contribution in [0.3, 0.4) is 0 Å². The Morgan fingerprint density at radius 2 is 1.55 bits per heavy atom. The molecule has 3 aromatic carbocycles. The lowest BCUT2D eigenvalue weighted by atomic mass is 9.94. The highest BCUT2D eigenvalue weighted by molar-refractivity contribution is 6.51. The summed E-state index contributed by atoms with van der Waals surface area (Å²) in [5.41, 5.74) is 2.48. The molecule has 1 N–H and O–H groups in total. The zero-order valence-corrected chi connectivity index (χ0v) is 22.1. The smallest absolute Gasteiger partial charge is 0.338 e. The second-order valence-corrected chi connectivity index (χ2v) is 9.78. The average Bonchev–Trinajstić information content (AvgIpc) is 3.13. The molecule has 1 aliphatic rings. The Morgan fingerprint density at radius 3 is 2.24 bits per heavy atom. The number of benzene rings is 3. The van der Waals surface area contributed by atoms with Gasteiger partial charge in [0.15, 0.2) is 0 Å². The quantitative estimate of drug-likeness (QED) is 0.181. The van der Waals surface area contributed by atoms with Crippen molar-refractivity contribution in [3.05, 3.63) is 101 Å². The monoisotopic (exact) mass is 513 g/mol. The molecule has 1 heterocycles. The first kappa shape index (κ1) is 26.7. The molecule has 1 fully saturated rings. The third-order valence-corrected chi connectivity index (χ3v) is 5.98. The first-order valence-electron chi connectivity index (χ1n) is 12.5. The summed E-state index contributed by atoms with van der Waals surface area (Å²) >= 11 is 0. The van der Waals surface area contributed by atoms with Crippen molar-refractivity contribution in [2.75, 3.05) is 4.90 Å². The van der Waals surface area contributed by atoms with Crippen LogP contribution in [0.25, 0.3) is 5.76 Å². The summed E-state index contributed by atoms with van der Waals surface area (Å²) < 4.78 is 11.1. The minimum atomic E-state index is -0.916. The van der Waals surface area contributed by atoms with Crippen LogP contribution in [0, 0.1) is 6.92 Å². The van der Waals surface area contributed by atoms with E-state index < -0.39 is 23.7 Å². The van der Waals surface area contributed by atoms with Gasteiger partial charge in [-0.1, -0.05) is 48.0 Å². The summed E-state index contributed by atoms with van der Waals surface area (Å²) in [6.45, 7) is 9.19. The van der Waals surface area contributed by atoms with Crippen LogP contribution in [0.5, 0.6) is 5.75 Å². The van der Waals surface area contributed by atoms with Gasteiger partial charge in [-0.05, 0) is 70.5 Å². The van der Waals surface area contributed by atoms with Crippen molar-refractivity contribution in [3.8, 4) is 5.75 Å². The van der Waals surface area contributed by atoms with E-state index in [1.54, 1.807) is 62.4 Å². The van der Waals surface area contributed by atoms with Crippen molar-refractivity contribution >= 4 is 29.1 Å². The number of nitrogens with zero attached hydrogens (tertiary/aromatic N) is 1. The molecule has 0 aromatic heterocycles. The first-order valence-corrected chi connectivity index (χ1v) is 12.5. The molecule has 1 amide bonds. The fraction of sp³-hybridized carbons (Fsp3) is 0.258. The summed E-state index contributed by atoms with van der Waals surface area (Å²) in [4.78, 5) is 40.8. The number of aliphatic hydroxyl groups is 1. The van der Waals surface area contributed by atoms with E-state index in [0.717, 1.165) is 5.56 Å². The minimum Gasteiger partial charge on any atom is -0.507 e. The lowest BCUT2D eigenvalue weighted by molar-refractivity contribution is -0.132. The minimum absolute atomic E-state index is 0.0440. The van der Waals surface area contributed by atoms with Crippen LogP contribution < -0.4 is 9.64 Å². The highest BCUT2D eigenvalue weighted by Crippen LogP contribution is 2.42. The summed E-state index contributed by atoms with van der Waals surface area (Å²) in [5.74, 6) is -1.93. The number of hydrogen-bond donors (Lipinski definition) is 1. The van der Waals surface area contributed by atoms with Crippen LogP contribution in [-0.4, -0.2) is 35.0 Å². The number of anilines is 1. The van der Waals surface area contributed by atoms with Gasteiger partial charge in [-0.3, -0.25) is 14.5 Å². The fourth-order valence-corrected chi connectivity index (χ4v) is 4.46. The summed E-state index contributed by atoms with van der Waals surface area (Å²) in [6, 6.07) is 19.7. The molecule has 0 radical (unpaired) electrons. The van der Waals surface area contributed by atoms with Crippen LogP contribution >= 0.6 is 0 Å². The van der Waals surface area contributed by atoms with Gasteiger partial charge < -0.3 is 14.6 Å². The Bertz CT molecular complexity index is 1420. The molecule has 0 spiro atoms. The van der Waals surface area contributed by atoms with Crippen molar-refractivity contribution < 1.29 is 29.0 Å². The van der Waals surface area contributed by atoms with Gasteiger partial charge in [0, 0.05) is 11.3 Å². The summed E-state index contributed by atoms with van der Waals surface area (Å²) in [6.07, 6.45) is -0.400. The van der Waals surface area contributed by atoms with Crippen molar-refractivity contribution in [2.45, 2.75) is 52.9 Å². The Labute approximate surface area is 222 Å². The normalized spacial score (nSPS) is 16.8. The molecule has 0 saturated carbocycles. The maximum atomic E-state index is 13.5. The van der Waals surface area contributed by atoms with E-state index in [4.69, 9.17) is 9.47 Å².